The first-order valence-corrected chi connectivity index (χ1v) is 10.2. The minimum atomic E-state index is -0.786. The third-order valence-electron chi connectivity index (χ3n) is 3.98. The molecule has 2 rings (SSSR count). The molecular formula is C20H22BrNO6S. The number of nitrogens with one attached hydrogen (secondary N) is 1. The van der Waals surface area contributed by atoms with Crippen LogP contribution in [0.15, 0.2) is 53.0 Å². The smallest absolute Gasteiger partial charge is 0.412 e. The van der Waals surface area contributed by atoms with E-state index in [4.69, 9.17) is 14.2 Å². The third kappa shape index (κ3) is 7.60. The summed E-state index contributed by atoms with van der Waals surface area (Å²) in [5.74, 6) is -0.382. The summed E-state index contributed by atoms with van der Waals surface area (Å²) in [4.78, 5) is 23.7. The topological polar surface area (TPSA) is 94.1 Å². The Hall–Kier alpha value is -2.23. The van der Waals surface area contributed by atoms with Gasteiger partial charge >= 0.3 is 12.1 Å². The Kier molecular flexibility index (Phi) is 9.30. The molecule has 1 amide bonds. The molecule has 0 radical (unpaired) electrons. The molecule has 0 aliphatic carbocycles. The lowest BCUT2D eigenvalue weighted by Gasteiger charge is -2.26. The van der Waals surface area contributed by atoms with Crippen LogP contribution in [0.2, 0.25) is 0 Å². The van der Waals surface area contributed by atoms with E-state index >= 15 is 0 Å². The van der Waals surface area contributed by atoms with Crippen LogP contribution in [0, 0.1) is 0 Å². The van der Waals surface area contributed by atoms with Crippen LogP contribution >= 0.6 is 28.6 Å². The summed E-state index contributed by atoms with van der Waals surface area (Å²) in [7, 11) is 1.48. The number of ether oxygens (including phenoxy) is 3. The van der Waals surface area contributed by atoms with Crippen molar-refractivity contribution in [3.05, 3.63) is 58.6 Å². The summed E-state index contributed by atoms with van der Waals surface area (Å²) in [6.07, 6.45) is -1.74. The molecule has 0 saturated carbocycles. The van der Waals surface area contributed by atoms with Crippen molar-refractivity contribution < 1.29 is 28.9 Å². The molecule has 0 bridgehead atoms. The lowest BCUT2D eigenvalue weighted by atomic mass is 10.0. The van der Waals surface area contributed by atoms with E-state index in [9.17, 15) is 14.7 Å². The maximum atomic E-state index is 12.5. The molecule has 0 fully saturated rings. The maximum Gasteiger partial charge on any atom is 0.412 e. The van der Waals surface area contributed by atoms with Gasteiger partial charge in [0.25, 0.3) is 0 Å². The van der Waals surface area contributed by atoms with Crippen molar-refractivity contribution in [2.24, 2.45) is 0 Å². The minimum Gasteiger partial charge on any atom is -0.508 e. The molecular weight excluding hydrogens is 462 g/mol. The minimum absolute atomic E-state index is 0.0227. The van der Waals surface area contributed by atoms with Gasteiger partial charge in [-0.25, -0.2) is 4.79 Å². The number of rotatable bonds is 9. The number of hydrogen-bond donors (Lipinski definition) is 3. The largest absolute Gasteiger partial charge is 0.508 e. The van der Waals surface area contributed by atoms with E-state index in [2.05, 4.69) is 33.9 Å². The van der Waals surface area contributed by atoms with Crippen molar-refractivity contribution in [2.45, 2.75) is 18.6 Å². The summed E-state index contributed by atoms with van der Waals surface area (Å²) in [6.45, 7) is 0.0875. The Morgan fingerprint density at radius 3 is 2.38 bits per heavy atom. The van der Waals surface area contributed by atoms with Crippen LogP contribution in [0.3, 0.4) is 0 Å². The van der Waals surface area contributed by atoms with Crippen LogP contribution in [0.5, 0.6) is 5.75 Å². The zero-order valence-electron chi connectivity index (χ0n) is 15.7. The number of phenols is 1. The van der Waals surface area contributed by atoms with Gasteiger partial charge in [-0.15, -0.1) is 0 Å². The van der Waals surface area contributed by atoms with Crippen LogP contribution in [0.1, 0.15) is 18.1 Å². The van der Waals surface area contributed by atoms with Gasteiger partial charge in [0.2, 0.25) is 0 Å². The van der Waals surface area contributed by atoms with Crippen molar-refractivity contribution in [3.8, 4) is 5.75 Å². The molecule has 0 saturated heterocycles. The molecule has 9 heteroatoms. The summed E-state index contributed by atoms with van der Waals surface area (Å²) >= 11 is 7.19. The number of aromatic hydroxyl groups is 1. The Morgan fingerprint density at radius 2 is 1.79 bits per heavy atom. The fourth-order valence-corrected chi connectivity index (χ4v) is 2.90. The molecule has 2 aromatic rings. The van der Waals surface area contributed by atoms with Gasteiger partial charge in [0.05, 0.1) is 12.4 Å². The fourth-order valence-electron chi connectivity index (χ4n) is 2.55. The molecule has 0 aliphatic heterocycles. The van der Waals surface area contributed by atoms with Crippen LogP contribution in [0.25, 0.3) is 0 Å². The first-order chi connectivity index (χ1) is 13.9. The van der Waals surface area contributed by atoms with Crippen molar-refractivity contribution in [2.75, 3.05) is 24.8 Å². The van der Waals surface area contributed by atoms with Crippen LogP contribution in [0.4, 0.5) is 10.5 Å². The molecule has 0 unspecified atom stereocenters. The predicted octanol–water partition coefficient (Wildman–Crippen LogP) is 4.32. The number of halogens is 1. The number of hydrogen-bond acceptors (Lipinski definition) is 7. The van der Waals surface area contributed by atoms with Gasteiger partial charge in [0, 0.05) is 23.7 Å². The van der Waals surface area contributed by atoms with E-state index in [1.54, 1.807) is 36.4 Å². The highest BCUT2D eigenvalue weighted by molar-refractivity contribution is 9.10. The molecule has 0 heterocycles. The molecule has 0 aromatic heterocycles. The van der Waals surface area contributed by atoms with Crippen molar-refractivity contribution >= 4 is 46.3 Å². The van der Waals surface area contributed by atoms with E-state index in [0.29, 0.717) is 17.7 Å². The number of methoxy groups -OCH3 is 1. The van der Waals surface area contributed by atoms with E-state index in [1.165, 1.54) is 19.2 Å². The Balaban J connectivity index is 2.12. The van der Waals surface area contributed by atoms with E-state index in [-0.39, 0.29) is 18.1 Å². The molecule has 2 N–H and O–H groups in total. The quantitative estimate of drug-likeness (QED) is 0.363. The lowest BCUT2D eigenvalue weighted by Crippen LogP contribution is -2.29. The summed E-state index contributed by atoms with van der Waals surface area (Å²) < 4.78 is 17.0. The van der Waals surface area contributed by atoms with Gasteiger partial charge in [-0.3, -0.25) is 10.1 Å². The summed E-state index contributed by atoms with van der Waals surface area (Å²) in [6, 6.07) is 13.3. The number of thiol groups is 1. The van der Waals surface area contributed by atoms with Gasteiger partial charge in [0.1, 0.15) is 11.9 Å². The number of carbonyl (C=O) groups is 2. The van der Waals surface area contributed by atoms with E-state index in [1.807, 2.05) is 0 Å². The predicted molar refractivity (Wildman–Crippen MR) is 115 cm³/mol. The maximum absolute atomic E-state index is 12.5. The number of phenolic OH excluding ortho intramolecular Hbond substituents is 1. The molecule has 2 atom stereocenters. The first kappa shape index (κ1) is 23.1. The first-order valence-electron chi connectivity index (χ1n) is 8.74. The summed E-state index contributed by atoms with van der Waals surface area (Å²) in [5.41, 5.74) is 1.19. The van der Waals surface area contributed by atoms with Crippen molar-refractivity contribution in [1.29, 1.82) is 0 Å². The Morgan fingerprint density at radius 1 is 1.14 bits per heavy atom. The molecule has 29 heavy (non-hydrogen) atoms. The second-order valence-electron chi connectivity index (χ2n) is 5.99. The monoisotopic (exact) mass is 483 g/mol. The Labute approximate surface area is 182 Å². The second-order valence-corrected chi connectivity index (χ2v) is 7.22. The Bertz CT molecular complexity index is 800. The lowest BCUT2D eigenvalue weighted by molar-refractivity contribution is -0.141. The van der Waals surface area contributed by atoms with Gasteiger partial charge in [-0.05, 0) is 42.0 Å². The fraction of sp³-hybridized carbons (Fsp3) is 0.300. The van der Waals surface area contributed by atoms with Crippen molar-refractivity contribution in [3.63, 3.8) is 0 Å². The van der Waals surface area contributed by atoms with Gasteiger partial charge in [-0.2, -0.15) is 12.6 Å². The van der Waals surface area contributed by atoms with Crippen molar-refractivity contribution in [1.82, 2.24) is 0 Å². The average molecular weight is 484 g/mol. The standard InChI is InChI=1S/C20H22BrNO6S/c1-26-17(10-11-27-18(24)12-29)19(13-2-8-16(23)9-3-13)28-20(25)22-15-6-4-14(21)5-7-15/h2-9,17,19,23,29H,10-12H2,1H3,(H,22,25)/t17-,19-/m1/s1. The molecule has 156 valence electrons. The molecule has 0 spiro atoms. The van der Waals surface area contributed by atoms with E-state index < -0.39 is 24.3 Å². The van der Waals surface area contributed by atoms with Crippen LogP contribution in [-0.2, 0) is 19.0 Å². The van der Waals surface area contributed by atoms with Crippen LogP contribution < -0.4 is 5.32 Å². The van der Waals surface area contributed by atoms with Crippen LogP contribution in [-0.4, -0.2) is 42.7 Å². The van der Waals surface area contributed by atoms with Gasteiger partial charge in [-0.1, -0.05) is 28.1 Å². The highest BCUT2D eigenvalue weighted by Crippen LogP contribution is 2.28. The van der Waals surface area contributed by atoms with Gasteiger partial charge < -0.3 is 19.3 Å². The zero-order chi connectivity index (χ0) is 21.2. The average Bonchev–Trinajstić information content (AvgIpc) is 2.72. The number of benzene rings is 2. The van der Waals surface area contributed by atoms with Gasteiger partial charge in [0.15, 0.2) is 6.10 Å². The number of esters is 1. The molecule has 0 aliphatic rings. The highest BCUT2D eigenvalue weighted by Gasteiger charge is 2.27. The third-order valence-corrected chi connectivity index (χ3v) is 4.77. The molecule has 7 nitrogen and oxygen atoms in total. The highest BCUT2D eigenvalue weighted by atomic mass is 79.9. The molecule has 2 aromatic carbocycles. The zero-order valence-corrected chi connectivity index (χ0v) is 18.2. The number of amides is 1. The summed E-state index contributed by atoms with van der Waals surface area (Å²) in [5, 5.41) is 12.2. The van der Waals surface area contributed by atoms with E-state index in [0.717, 1.165) is 4.47 Å². The second kappa shape index (κ2) is 11.7. The SMILES string of the molecule is CO[C@H](CCOC(=O)CS)[C@H](OC(=O)Nc1ccc(Br)cc1)c1ccc(O)cc1. The number of carbonyl (C=O) groups excluding carboxylic acids is 2. The number of anilines is 1. The normalized spacial score (nSPS) is 12.7.